The molecule has 0 radical (unpaired) electrons. The number of anilines is 1. The number of hydrogen-bond donors (Lipinski definition) is 1. The summed E-state index contributed by atoms with van der Waals surface area (Å²) >= 11 is 1.12. The van der Waals surface area contributed by atoms with Gasteiger partial charge in [-0.2, -0.15) is 0 Å². The summed E-state index contributed by atoms with van der Waals surface area (Å²) in [6, 6.07) is 13.5. The smallest absolute Gasteiger partial charge is 0.408 e. The first-order valence-electron chi connectivity index (χ1n) is 10.2. The molecule has 0 saturated carbocycles. The lowest BCUT2D eigenvalue weighted by Gasteiger charge is -2.27. The molecule has 0 aromatic heterocycles. The van der Waals surface area contributed by atoms with Crippen molar-refractivity contribution >= 4 is 34.6 Å². The number of amides is 2. The normalized spacial score (nSPS) is 11.9. The van der Waals surface area contributed by atoms with Crippen molar-refractivity contribution in [2.45, 2.75) is 50.7 Å². The zero-order valence-corrected chi connectivity index (χ0v) is 20.1. The Labute approximate surface area is 193 Å². The summed E-state index contributed by atoms with van der Waals surface area (Å²) < 4.78 is 10.5. The Bertz CT molecular complexity index is 954. The molecule has 1 atom stereocenters. The number of alkyl carbamates (subject to hydrolysis) is 1. The van der Waals surface area contributed by atoms with Gasteiger partial charge in [-0.1, -0.05) is 23.9 Å². The lowest BCUT2D eigenvalue weighted by Crippen LogP contribution is -2.50. The van der Waals surface area contributed by atoms with Crippen LogP contribution in [-0.4, -0.2) is 42.9 Å². The first kappa shape index (κ1) is 25.3. The SMILES string of the molecule is COc1ccc(N(C)C(=O)[C@H](Cc2cccc(SC(C)=O)c2)NC(=O)OC(C)(C)C)cc1. The number of nitrogens with one attached hydrogen (secondary N) is 1. The summed E-state index contributed by atoms with van der Waals surface area (Å²) in [6.07, 6.45) is -0.432. The van der Waals surface area contributed by atoms with E-state index in [-0.39, 0.29) is 17.4 Å². The quantitative estimate of drug-likeness (QED) is 0.618. The largest absolute Gasteiger partial charge is 0.497 e. The molecule has 8 heteroatoms. The minimum Gasteiger partial charge on any atom is -0.497 e. The predicted molar refractivity (Wildman–Crippen MR) is 126 cm³/mol. The third-order valence-corrected chi connectivity index (χ3v) is 5.16. The topological polar surface area (TPSA) is 84.9 Å². The third-order valence-electron chi connectivity index (χ3n) is 4.38. The van der Waals surface area contributed by atoms with Gasteiger partial charge in [-0.3, -0.25) is 9.59 Å². The zero-order chi connectivity index (χ0) is 23.9. The van der Waals surface area contributed by atoms with E-state index in [4.69, 9.17) is 9.47 Å². The van der Waals surface area contributed by atoms with Crippen molar-refractivity contribution in [1.82, 2.24) is 5.32 Å². The Morgan fingerprint density at radius 2 is 1.75 bits per heavy atom. The van der Waals surface area contributed by atoms with Gasteiger partial charge in [0.05, 0.1) is 7.11 Å². The molecule has 2 rings (SSSR count). The molecule has 32 heavy (non-hydrogen) atoms. The van der Waals surface area contributed by atoms with Gasteiger partial charge in [0, 0.05) is 31.0 Å². The van der Waals surface area contributed by atoms with E-state index in [1.54, 1.807) is 59.2 Å². The van der Waals surface area contributed by atoms with E-state index in [1.165, 1.54) is 11.8 Å². The molecule has 0 bridgehead atoms. The van der Waals surface area contributed by atoms with Crippen LogP contribution in [0, 0.1) is 0 Å². The molecule has 0 fully saturated rings. The number of likely N-dealkylation sites (N-methyl/N-ethyl adjacent to an activating group) is 1. The van der Waals surface area contributed by atoms with Crippen LogP contribution in [0.15, 0.2) is 53.4 Å². The Morgan fingerprint density at radius 1 is 1.09 bits per heavy atom. The van der Waals surface area contributed by atoms with E-state index in [2.05, 4.69) is 5.32 Å². The maximum atomic E-state index is 13.3. The number of carbonyl (C=O) groups is 3. The number of nitrogens with zero attached hydrogens (tertiary/aromatic N) is 1. The summed E-state index contributed by atoms with van der Waals surface area (Å²) in [4.78, 5) is 39.5. The zero-order valence-electron chi connectivity index (χ0n) is 19.3. The van der Waals surface area contributed by atoms with Crippen LogP contribution in [0.1, 0.15) is 33.3 Å². The number of methoxy groups -OCH3 is 1. The van der Waals surface area contributed by atoms with Crippen molar-refractivity contribution < 1.29 is 23.9 Å². The molecule has 2 aromatic rings. The molecule has 0 heterocycles. The maximum Gasteiger partial charge on any atom is 0.408 e. The minimum atomic E-state index is -0.866. The van der Waals surface area contributed by atoms with E-state index in [0.717, 1.165) is 22.2 Å². The number of benzene rings is 2. The van der Waals surface area contributed by atoms with Crippen molar-refractivity contribution in [1.29, 1.82) is 0 Å². The number of carbonyl (C=O) groups excluding carboxylic acids is 3. The van der Waals surface area contributed by atoms with Gasteiger partial charge in [-0.25, -0.2) is 4.79 Å². The fraction of sp³-hybridized carbons (Fsp3) is 0.375. The molecule has 0 aliphatic rings. The van der Waals surface area contributed by atoms with E-state index in [9.17, 15) is 14.4 Å². The average Bonchev–Trinajstić information content (AvgIpc) is 2.70. The Balaban J connectivity index is 2.27. The highest BCUT2D eigenvalue weighted by atomic mass is 32.2. The molecule has 1 N–H and O–H groups in total. The van der Waals surface area contributed by atoms with E-state index in [0.29, 0.717) is 11.4 Å². The first-order valence-corrected chi connectivity index (χ1v) is 11.0. The number of hydrogen-bond acceptors (Lipinski definition) is 6. The van der Waals surface area contributed by atoms with Gasteiger partial charge in [0.25, 0.3) is 0 Å². The summed E-state index contributed by atoms with van der Waals surface area (Å²) in [5.74, 6) is 0.378. The molecule has 0 unspecified atom stereocenters. The molecule has 0 spiro atoms. The fourth-order valence-electron chi connectivity index (χ4n) is 2.95. The second-order valence-electron chi connectivity index (χ2n) is 8.24. The van der Waals surface area contributed by atoms with Crippen LogP contribution in [-0.2, 0) is 20.7 Å². The molecule has 172 valence electrons. The van der Waals surface area contributed by atoms with Crippen LogP contribution >= 0.6 is 11.8 Å². The maximum absolute atomic E-state index is 13.3. The molecule has 0 saturated heterocycles. The van der Waals surface area contributed by atoms with Crippen LogP contribution in [0.3, 0.4) is 0 Å². The minimum absolute atomic E-state index is 0.0269. The monoisotopic (exact) mass is 458 g/mol. The highest BCUT2D eigenvalue weighted by Gasteiger charge is 2.27. The van der Waals surface area contributed by atoms with Crippen molar-refractivity contribution in [2.75, 3.05) is 19.1 Å². The van der Waals surface area contributed by atoms with Gasteiger partial charge in [0.2, 0.25) is 5.91 Å². The summed E-state index contributed by atoms with van der Waals surface area (Å²) in [7, 11) is 3.22. The van der Waals surface area contributed by atoms with Crippen molar-refractivity contribution in [3.05, 3.63) is 54.1 Å². The Kier molecular flexibility index (Phi) is 8.72. The highest BCUT2D eigenvalue weighted by molar-refractivity contribution is 8.13. The molecular formula is C24H30N2O5S. The second kappa shape index (κ2) is 11.0. The third kappa shape index (κ3) is 7.92. The molecule has 2 aromatic carbocycles. The number of thioether (sulfide) groups is 1. The molecule has 2 amide bonds. The lowest BCUT2D eigenvalue weighted by atomic mass is 10.0. The predicted octanol–water partition coefficient (Wildman–Crippen LogP) is 4.43. The molecule has 0 aliphatic heterocycles. The van der Waals surface area contributed by atoms with Gasteiger partial charge in [-0.05, 0) is 62.7 Å². The second-order valence-corrected chi connectivity index (χ2v) is 9.49. The molecule has 0 aliphatic carbocycles. The number of rotatable bonds is 7. The summed E-state index contributed by atoms with van der Waals surface area (Å²) in [5, 5.41) is 2.68. The Hall–Kier alpha value is -3.00. The summed E-state index contributed by atoms with van der Waals surface area (Å²) in [5.41, 5.74) is 0.777. The van der Waals surface area contributed by atoms with E-state index < -0.39 is 17.7 Å². The average molecular weight is 459 g/mol. The van der Waals surface area contributed by atoms with Gasteiger partial charge in [0.1, 0.15) is 17.4 Å². The van der Waals surface area contributed by atoms with Gasteiger partial charge >= 0.3 is 6.09 Å². The lowest BCUT2D eigenvalue weighted by molar-refractivity contribution is -0.120. The van der Waals surface area contributed by atoms with Gasteiger partial charge < -0.3 is 19.7 Å². The Morgan fingerprint density at radius 3 is 2.31 bits per heavy atom. The highest BCUT2D eigenvalue weighted by Crippen LogP contribution is 2.22. The molecule has 7 nitrogen and oxygen atoms in total. The summed E-state index contributed by atoms with van der Waals surface area (Å²) in [6.45, 7) is 6.78. The van der Waals surface area contributed by atoms with Crippen LogP contribution < -0.4 is 15.0 Å². The molecular weight excluding hydrogens is 428 g/mol. The van der Waals surface area contributed by atoms with Gasteiger partial charge in [-0.15, -0.1) is 0 Å². The van der Waals surface area contributed by atoms with Crippen LogP contribution in [0.25, 0.3) is 0 Å². The van der Waals surface area contributed by atoms with E-state index in [1.807, 2.05) is 24.3 Å². The van der Waals surface area contributed by atoms with Crippen molar-refractivity contribution in [3.8, 4) is 5.75 Å². The van der Waals surface area contributed by atoms with Crippen molar-refractivity contribution in [3.63, 3.8) is 0 Å². The standard InChI is InChI=1S/C24H30N2O5S/c1-16(27)32-20-9-7-8-17(14-20)15-21(25-23(29)31-24(2,3)4)22(28)26(5)18-10-12-19(30-6)13-11-18/h7-14,21H,15H2,1-6H3,(H,25,29)/t21-/m0/s1. The first-order chi connectivity index (χ1) is 15.0. The van der Waals surface area contributed by atoms with E-state index >= 15 is 0 Å². The van der Waals surface area contributed by atoms with Crippen LogP contribution in [0.2, 0.25) is 0 Å². The fourth-order valence-corrected chi connectivity index (χ4v) is 3.64. The van der Waals surface area contributed by atoms with Crippen molar-refractivity contribution in [2.24, 2.45) is 0 Å². The van der Waals surface area contributed by atoms with Gasteiger partial charge in [0.15, 0.2) is 5.12 Å². The number of ether oxygens (including phenoxy) is 2. The van der Waals surface area contributed by atoms with Crippen LogP contribution in [0.5, 0.6) is 5.75 Å². The van der Waals surface area contributed by atoms with Crippen LogP contribution in [0.4, 0.5) is 10.5 Å².